The second kappa shape index (κ2) is 5.61. The zero-order valence-electron chi connectivity index (χ0n) is 11.9. The van der Waals surface area contributed by atoms with E-state index in [4.69, 9.17) is 4.74 Å². The van der Waals surface area contributed by atoms with Gasteiger partial charge in [-0.1, -0.05) is 0 Å². The predicted molar refractivity (Wildman–Crippen MR) is 76.6 cm³/mol. The van der Waals surface area contributed by atoms with Gasteiger partial charge in [0.15, 0.2) is 0 Å². The Balaban J connectivity index is 2.08. The van der Waals surface area contributed by atoms with Gasteiger partial charge in [-0.2, -0.15) is 0 Å². The maximum absolute atomic E-state index is 12.3. The van der Waals surface area contributed by atoms with E-state index in [2.05, 4.69) is 10.6 Å². The second-order valence-corrected chi connectivity index (χ2v) is 5.23. The summed E-state index contributed by atoms with van der Waals surface area (Å²) in [6, 6.07) is 5.73. The van der Waals surface area contributed by atoms with Crippen LogP contribution in [0.4, 0.5) is 5.69 Å². The van der Waals surface area contributed by atoms with Gasteiger partial charge in [0.25, 0.3) is 0 Å². The summed E-state index contributed by atoms with van der Waals surface area (Å²) in [4.78, 5) is 12.3. The van der Waals surface area contributed by atoms with E-state index < -0.39 is 5.54 Å². The number of nitrogens with one attached hydrogen (secondary N) is 2. The van der Waals surface area contributed by atoms with E-state index in [1.165, 1.54) is 0 Å². The molecule has 0 aliphatic carbocycles. The fourth-order valence-electron chi connectivity index (χ4n) is 2.38. The topological polar surface area (TPSA) is 50.4 Å². The molecule has 19 heavy (non-hydrogen) atoms. The van der Waals surface area contributed by atoms with E-state index in [-0.39, 0.29) is 5.91 Å². The first kappa shape index (κ1) is 13.9. The molecule has 1 unspecified atom stereocenters. The molecule has 0 aromatic heterocycles. The lowest BCUT2D eigenvalue weighted by molar-refractivity contribution is -0.121. The zero-order chi connectivity index (χ0) is 13.9. The lowest BCUT2D eigenvalue weighted by Crippen LogP contribution is -2.48. The van der Waals surface area contributed by atoms with Crippen LogP contribution in [-0.4, -0.2) is 24.6 Å². The largest absolute Gasteiger partial charge is 0.494 e. The van der Waals surface area contributed by atoms with Crippen molar-refractivity contribution in [2.75, 3.05) is 18.5 Å². The van der Waals surface area contributed by atoms with Gasteiger partial charge in [0.2, 0.25) is 5.91 Å². The monoisotopic (exact) mass is 262 g/mol. The van der Waals surface area contributed by atoms with Gasteiger partial charge in [-0.3, -0.25) is 4.79 Å². The molecule has 4 heteroatoms. The highest BCUT2D eigenvalue weighted by atomic mass is 16.5. The lowest BCUT2D eigenvalue weighted by atomic mass is 9.99. The molecule has 1 heterocycles. The SMILES string of the molecule is CCOc1ccc(NC(=O)C2(C)CCCN2)c(C)c1. The molecule has 2 rings (SSSR count). The molecule has 1 atom stereocenters. The Morgan fingerprint density at radius 1 is 1.53 bits per heavy atom. The van der Waals surface area contributed by atoms with Crippen LogP contribution in [-0.2, 0) is 4.79 Å². The first-order chi connectivity index (χ1) is 9.05. The first-order valence-corrected chi connectivity index (χ1v) is 6.85. The van der Waals surface area contributed by atoms with Crippen LogP contribution in [0.1, 0.15) is 32.3 Å². The Hall–Kier alpha value is -1.55. The van der Waals surface area contributed by atoms with E-state index >= 15 is 0 Å². The summed E-state index contributed by atoms with van der Waals surface area (Å²) < 4.78 is 5.44. The molecule has 104 valence electrons. The third kappa shape index (κ3) is 3.07. The van der Waals surface area contributed by atoms with Crippen molar-refractivity contribution >= 4 is 11.6 Å². The maximum atomic E-state index is 12.3. The summed E-state index contributed by atoms with van der Waals surface area (Å²) in [6.45, 7) is 7.44. The summed E-state index contributed by atoms with van der Waals surface area (Å²) in [7, 11) is 0. The number of aryl methyl sites for hydroxylation is 1. The molecule has 1 aromatic rings. The number of hydrogen-bond acceptors (Lipinski definition) is 3. The third-order valence-electron chi connectivity index (χ3n) is 3.63. The Labute approximate surface area is 114 Å². The molecule has 1 amide bonds. The van der Waals surface area contributed by atoms with Gasteiger partial charge in [0.1, 0.15) is 5.75 Å². The molecule has 2 N–H and O–H groups in total. The normalized spacial score (nSPS) is 22.3. The number of carbonyl (C=O) groups excluding carboxylic acids is 1. The van der Waals surface area contributed by atoms with Crippen molar-refractivity contribution in [1.29, 1.82) is 0 Å². The number of rotatable bonds is 4. The Bertz CT molecular complexity index is 465. The van der Waals surface area contributed by atoms with E-state index in [1.54, 1.807) is 0 Å². The van der Waals surface area contributed by atoms with Crippen molar-refractivity contribution in [1.82, 2.24) is 5.32 Å². The molecule has 0 bridgehead atoms. The van der Waals surface area contributed by atoms with Crippen LogP contribution in [0.2, 0.25) is 0 Å². The molecule has 1 saturated heterocycles. The van der Waals surface area contributed by atoms with Crippen LogP contribution in [0, 0.1) is 6.92 Å². The number of ether oxygens (including phenoxy) is 1. The summed E-state index contributed by atoms with van der Waals surface area (Å²) in [5.74, 6) is 0.875. The minimum Gasteiger partial charge on any atom is -0.494 e. The van der Waals surface area contributed by atoms with Crippen LogP contribution in [0.5, 0.6) is 5.75 Å². The maximum Gasteiger partial charge on any atom is 0.244 e. The van der Waals surface area contributed by atoms with Crippen LogP contribution < -0.4 is 15.4 Å². The molecule has 1 aliphatic rings. The number of hydrogen-bond donors (Lipinski definition) is 2. The minimum atomic E-state index is -0.439. The quantitative estimate of drug-likeness (QED) is 0.876. The van der Waals surface area contributed by atoms with Gasteiger partial charge in [-0.25, -0.2) is 0 Å². The van der Waals surface area contributed by atoms with E-state index in [0.717, 1.165) is 36.4 Å². The lowest BCUT2D eigenvalue weighted by Gasteiger charge is -2.23. The molecule has 0 radical (unpaired) electrons. The Kier molecular flexibility index (Phi) is 4.10. The fourth-order valence-corrected chi connectivity index (χ4v) is 2.38. The van der Waals surface area contributed by atoms with Crippen LogP contribution in [0.15, 0.2) is 18.2 Å². The average molecular weight is 262 g/mol. The van der Waals surface area contributed by atoms with Crippen molar-refractivity contribution in [3.8, 4) is 5.75 Å². The number of benzene rings is 1. The smallest absolute Gasteiger partial charge is 0.244 e. The highest BCUT2D eigenvalue weighted by Crippen LogP contribution is 2.24. The molecule has 0 saturated carbocycles. The van der Waals surface area contributed by atoms with Gasteiger partial charge < -0.3 is 15.4 Å². The summed E-state index contributed by atoms with van der Waals surface area (Å²) in [5, 5.41) is 6.27. The number of amides is 1. The summed E-state index contributed by atoms with van der Waals surface area (Å²) in [5.41, 5.74) is 1.43. The van der Waals surface area contributed by atoms with Gasteiger partial charge in [-0.05, 0) is 63.9 Å². The van der Waals surface area contributed by atoms with Crippen LogP contribution >= 0.6 is 0 Å². The predicted octanol–water partition coefficient (Wildman–Crippen LogP) is 2.47. The van der Waals surface area contributed by atoms with Gasteiger partial charge in [0.05, 0.1) is 12.1 Å². The molecule has 1 aromatic carbocycles. The summed E-state index contributed by atoms with van der Waals surface area (Å²) >= 11 is 0. The molecule has 0 spiro atoms. The van der Waals surface area contributed by atoms with E-state index in [0.29, 0.717) is 6.61 Å². The number of carbonyl (C=O) groups is 1. The van der Waals surface area contributed by atoms with Crippen LogP contribution in [0.3, 0.4) is 0 Å². The minimum absolute atomic E-state index is 0.0391. The Morgan fingerprint density at radius 2 is 2.32 bits per heavy atom. The second-order valence-electron chi connectivity index (χ2n) is 5.23. The van der Waals surface area contributed by atoms with E-state index in [9.17, 15) is 4.79 Å². The number of anilines is 1. The molecule has 4 nitrogen and oxygen atoms in total. The molecular formula is C15H22N2O2. The third-order valence-corrected chi connectivity index (χ3v) is 3.63. The highest BCUT2D eigenvalue weighted by molar-refractivity contribution is 5.98. The van der Waals surface area contributed by atoms with Crippen LogP contribution in [0.25, 0.3) is 0 Å². The van der Waals surface area contributed by atoms with Crippen molar-refractivity contribution in [2.45, 2.75) is 39.2 Å². The summed E-state index contributed by atoms with van der Waals surface area (Å²) in [6.07, 6.45) is 1.93. The van der Waals surface area contributed by atoms with Crippen molar-refractivity contribution in [3.63, 3.8) is 0 Å². The van der Waals surface area contributed by atoms with Gasteiger partial charge >= 0.3 is 0 Å². The zero-order valence-corrected chi connectivity index (χ0v) is 11.9. The van der Waals surface area contributed by atoms with Crippen molar-refractivity contribution < 1.29 is 9.53 Å². The standard InChI is InChI=1S/C15H22N2O2/c1-4-19-12-6-7-13(11(2)10-12)17-14(18)15(3)8-5-9-16-15/h6-7,10,16H,4-5,8-9H2,1-3H3,(H,17,18). The first-order valence-electron chi connectivity index (χ1n) is 6.85. The van der Waals surface area contributed by atoms with Gasteiger partial charge in [0, 0.05) is 5.69 Å². The molecular weight excluding hydrogens is 240 g/mol. The van der Waals surface area contributed by atoms with Gasteiger partial charge in [-0.15, -0.1) is 0 Å². The molecule has 1 aliphatic heterocycles. The Morgan fingerprint density at radius 3 is 2.89 bits per heavy atom. The highest BCUT2D eigenvalue weighted by Gasteiger charge is 2.35. The molecule has 1 fully saturated rings. The average Bonchev–Trinajstić information content (AvgIpc) is 2.81. The van der Waals surface area contributed by atoms with E-state index in [1.807, 2.05) is 39.0 Å². The van der Waals surface area contributed by atoms with Crippen molar-refractivity contribution in [3.05, 3.63) is 23.8 Å². The van der Waals surface area contributed by atoms with Crippen molar-refractivity contribution in [2.24, 2.45) is 0 Å². The fraction of sp³-hybridized carbons (Fsp3) is 0.533.